The Balaban J connectivity index is 1.32. The second kappa shape index (κ2) is 7.96. The molecule has 31 heavy (non-hydrogen) atoms. The summed E-state index contributed by atoms with van der Waals surface area (Å²) in [6, 6.07) is 11.9. The molecule has 4 heterocycles. The molecule has 2 aliphatic heterocycles. The van der Waals surface area contributed by atoms with E-state index in [9.17, 15) is 4.79 Å². The molecule has 7 heteroatoms. The van der Waals surface area contributed by atoms with Gasteiger partial charge in [-0.05, 0) is 42.9 Å². The van der Waals surface area contributed by atoms with Gasteiger partial charge in [-0.1, -0.05) is 37.2 Å². The molecule has 1 aromatic carbocycles. The van der Waals surface area contributed by atoms with E-state index in [0.29, 0.717) is 31.3 Å². The molecule has 1 spiro atoms. The highest BCUT2D eigenvalue weighted by Gasteiger charge is 2.44. The van der Waals surface area contributed by atoms with E-state index in [1.165, 1.54) is 5.56 Å². The topological polar surface area (TPSA) is 73.4 Å². The minimum Gasteiger partial charge on any atom is -0.368 e. The van der Waals surface area contributed by atoms with Gasteiger partial charge in [-0.2, -0.15) is 5.10 Å². The fourth-order valence-electron chi connectivity index (χ4n) is 4.64. The van der Waals surface area contributed by atoms with Crippen LogP contribution in [0, 0.1) is 5.92 Å². The van der Waals surface area contributed by atoms with Gasteiger partial charge in [0.2, 0.25) is 0 Å². The number of rotatable bonds is 4. The van der Waals surface area contributed by atoms with Crippen LogP contribution in [0.5, 0.6) is 0 Å². The van der Waals surface area contributed by atoms with Crippen LogP contribution in [-0.2, 0) is 23.2 Å². The number of carbonyl (C=O) groups excluding carboxylic acids is 1. The van der Waals surface area contributed by atoms with Gasteiger partial charge in [-0.3, -0.25) is 4.79 Å². The fourth-order valence-corrected chi connectivity index (χ4v) is 4.64. The zero-order chi connectivity index (χ0) is 21.4. The first kappa shape index (κ1) is 20.0. The van der Waals surface area contributed by atoms with Crippen molar-refractivity contribution in [2.75, 3.05) is 19.7 Å². The van der Waals surface area contributed by atoms with Crippen LogP contribution in [0.2, 0.25) is 0 Å². The number of ether oxygens (including phenoxy) is 1. The second-order valence-corrected chi connectivity index (χ2v) is 8.94. The van der Waals surface area contributed by atoms with E-state index in [4.69, 9.17) is 14.4 Å². The van der Waals surface area contributed by atoms with Crippen molar-refractivity contribution in [2.24, 2.45) is 5.92 Å². The van der Waals surface area contributed by atoms with Crippen LogP contribution in [0.25, 0.3) is 5.69 Å². The molecule has 2 aliphatic rings. The fraction of sp³-hybridized carbons (Fsp3) is 0.458. The maximum absolute atomic E-state index is 12.9. The number of nitrogens with zero attached hydrogens (tertiary/aromatic N) is 4. The Kier molecular flexibility index (Phi) is 5.14. The first-order valence-corrected chi connectivity index (χ1v) is 11.1. The van der Waals surface area contributed by atoms with Crippen molar-refractivity contribution >= 4 is 5.91 Å². The number of aromatic nitrogens is 3. The third-order valence-electron chi connectivity index (χ3n) is 6.24. The largest absolute Gasteiger partial charge is 0.368 e. The van der Waals surface area contributed by atoms with Crippen LogP contribution in [0.4, 0.5) is 0 Å². The van der Waals surface area contributed by atoms with E-state index in [1.54, 1.807) is 6.07 Å². The maximum Gasteiger partial charge on any atom is 0.276 e. The standard InChI is InChI=1S/C24H28N4O3/c1-17(2)14-20-15-21(26-31-20)23(29)27-11-9-24(10-12-27)22-18(8-13-30-24)16-28(25-22)19-6-4-3-5-7-19/h3-7,15-17H,8-14H2,1-2H3. The van der Waals surface area contributed by atoms with Crippen molar-refractivity contribution in [3.05, 3.63) is 65.3 Å². The predicted octanol–water partition coefficient (Wildman–Crippen LogP) is 3.76. The first-order valence-electron chi connectivity index (χ1n) is 11.1. The number of hydrogen-bond acceptors (Lipinski definition) is 5. The van der Waals surface area contributed by atoms with Crippen molar-refractivity contribution in [3.63, 3.8) is 0 Å². The number of piperidine rings is 1. The molecule has 0 aliphatic carbocycles. The molecule has 0 atom stereocenters. The number of hydrogen-bond donors (Lipinski definition) is 0. The molecule has 1 fully saturated rings. The third kappa shape index (κ3) is 3.78. The van der Waals surface area contributed by atoms with Crippen molar-refractivity contribution in [3.8, 4) is 5.69 Å². The quantitative estimate of drug-likeness (QED) is 0.643. The maximum atomic E-state index is 12.9. The summed E-state index contributed by atoms with van der Waals surface area (Å²) in [4.78, 5) is 14.8. The number of likely N-dealkylation sites (tertiary alicyclic amines) is 1. The molecule has 5 rings (SSSR count). The van der Waals surface area contributed by atoms with Gasteiger partial charge >= 0.3 is 0 Å². The number of fused-ring (bicyclic) bond motifs is 2. The molecule has 2 aromatic heterocycles. The van der Waals surface area contributed by atoms with Gasteiger partial charge in [0, 0.05) is 31.8 Å². The molecule has 162 valence electrons. The molecule has 0 saturated carbocycles. The number of amides is 1. The summed E-state index contributed by atoms with van der Waals surface area (Å²) < 4.78 is 13.6. The van der Waals surface area contributed by atoms with Gasteiger partial charge in [0.1, 0.15) is 11.4 Å². The highest BCUT2D eigenvalue weighted by atomic mass is 16.5. The summed E-state index contributed by atoms with van der Waals surface area (Å²) in [6.45, 7) is 6.15. The molecule has 0 unspecified atom stereocenters. The highest BCUT2D eigenvalue weighted by molar-refractivity contribution is 5.92. The minimum atomic E-state index is -0.420. The van der Waals surface area contributed by atoms with Gasteiger partial charge in [0.05, 0.1) is 18.0 Å². The van der Waals surface area contributed by atoms with Crippen LogP contribution in [0.3, 0.4) is 0 Å². The minimum absolute atomic E-state index is 0.0700. The number of para-hydroxylation sites is 1. The van der Waals surface area contributed by atoms with Crippen LogP contribution in [0.15, 0.2) is 47.1 Å². The van der Waals surface area contributed by atoms with Crippen LogP contribution in [-0.4, -0.2) is 45.4 Å². The van der Waals surface area contributed by atoms with E-state index in [1.807, 2.05) is 27.8 Å². The normalized spacial score (nSPS) is 17.8. The Morgan fingerprint density at radius 3 is 2.71 bits per heavy atom. The molecule has 3 aromatic rings. The first-order chi connectivity index (χ1) is 15.0. The monoisotopic (exact) mass is 420 g/mol. The van der Waals surface area contributed by atoms with E-state index >= 15 is 0 Å². The van der Waals surface area contributed by atoms with Gasteiger partial charge in [-0.15, -0.1) is 0 Å². The molecule has 0 N–H and O–H groups in total. The van der Waals surface area contributed by atoms with E-state index < -0.39 is 5.60 Å². The van der Waals surface area contributed by atoms with Gasteiger partial charge in [-0.25, -0.2) is 4.68 Å². The summed E-state index contributed by atoms with van der Waals surface area (Å²) in [5.41, 5.74) is 3.28. The van der Waals surface area contributed by atoms with Crippen molar-refractivity contribution in [1.82, 2.24) is 19.8 Å². The van der Waals surface area contributed by atoms with Crippen LogP contribution in [0.1, 0.15) is 54.2 Å². The molecule has 1 saturated heterocycles. The lowest BCUT2D eigenvalue weighted by Gasteiger charge is -2.42. The van der Waals surface area contributed by atoms with Crippen LogP contribution >= 0.6 is 0 Å². The Morgan fingerprint density at radius 1 is 1.19 bits per heavy atom. The Bertz CT molecular complexity index is 1060. The van der Waals surface area contributed by atoms with Crippen LogP contribution < -0.4 is 0 Å². The zero-order valence-electron chi connectivity index (χ0n) is 18.1. The molecule has 0 radical (unpaired) electrons. The number of benzene rings is 1. The van der Waals surface area contributed by atoms with Gasteiger partial charge in [0.15, 0.2) is 5.69 Å². The average molecular weight is 421 g/mol. The Morgan fingerprint density at radius 2 is 1.97 bits per heavy atom. The predicted molar refractivity (Wildman–Crippen MR) is 115 cm³/mol. The molecule has 0 bridgehead atoms. The lowest BCUT2D eigenvalue weighted by Crippen LogP contribution is -2.48. The van der Waals surface area contributed by atoms with Crippen molar-refractivity contribution in [2.45, 2.75) is 45.1 Å². The smallest absolute Gasteiger partial charge is 0.276 e. The van der Waals surface area contributed by atoms with Crippen molar-refractivity contribution < 1.29 is 14.1 Å². The van der Waals surface area contributed by atoms with Crippen molar-refractivity contribution in [1.29, 1.82) is 0 Å². The average Bonchev–Trinajstić information content (AvgIpc) is 3.42. The lowest BCUT2D eigenvalue weighted by molar-refractivity contribution is -0.0963. The summed E-state index contributed by atoms with van der Waals surface area (Å²) in [5, 5.41) is 8.93. The summed E-state index contributed by atoms with van der Waals surface area (Å²) in [6.07, 6.45) is 5.23. The second-order valence-electron chi connectivity index (χ2n) is 8.94. The summed E-state index contributed by atoms with van der Waals surface area (Å²) in [5.74, 6) is 1.15. The third-order valence-corrected chi connectivity index (χ3v) is 6.24. The van der Waals surface area contributed by atoms with E-state index in [0.717, 1.165) is 42.8 Å². The summed E-state index contributed by atoms with van der Waals surface area (Å²) >= 11 is 0. The summed E-state index contributed by atoms with van der Waals surface area (Å²) in [7, 11) is 0. The Labute approximate surface area is 182 Å². The van der Waals surface area contributed by atoms with E-state index in [2.05, 4.69) is 37.3 Å². The molecule has 1 amide bonds. The molecular weight excluding hydrogens is 392 g/mol. The number of carbonyl (C=O) groups is 1. The SMILES string of the molecule is CC(C)Cc1cc(C(=O)N2CCC3(CC2)OCCc2cn(-c4ccccc4)nc23)no1. The zero-order valence-corrected chi connectivity index (χ0v) is 18.1. The highest BCUT2D eigenvalue weighted by Crippen LogP contribution is 2.41. The van der Waals surface area contributed by atoms with Gasteiger partial charge in [0.25, 0.3) is 5.91 Å². The van der Waals surface area contributed by atoms with E-state index in [-0.39, 0.29) is 5.91 Å². The Hall–Kier alpha value is -2.93. The molecule has 7 nitrogen and oxygen atoms in total. The van der Waals surface area contributed by atoms with Gasteiger partial charge < -0.3 is 14.2 Å². The molecular formula is C24H28N4O3. The lowest BCUT2D eigenvalue weighted by atomic mass is 9.83.